The number of halogens is 1. The smallest absolute Gasteiger partial charge is 0.234 e. The lowest BCUT2D eigenvalue weighted by Gasteiger charge is -2.10. The summed E-state index contributed by atoms with van der Waals surface area (Å²) in [7, 11) is 0. The SMILES string of the molecule is O=C(CSc1nc(-c2ccccc2)n(-c2ccccc2)n1)Nc1ccccc1SCc1ccc(F)cc1. The third kappa shape index (κ3) is 6.47. The highest BCUT2D eigenvalue weighted by Gasteiger charge is 2.16. The first-order chi connectivity index (χ1) is 18.2. The minimum atomic E-state index is -0.252. The number of amides is 1. The van der Waals surface area contributed by atoms with Crippen LogP contribution in [0.3, 0.4) is 0 Å². The van der Waals surface area contributed by atoms with Crippen LogP contribution in [0, 0.1) is 5.82 Å². The number of carbonyl (C=O) groups excluding carboxylic acids is 1. The number of benzene rings is 4. The average Bonchev–Trinajstić information content (AvgIpc) is 3.38. The predicted octanol–water partition coefficient (Wildman–Crippen LogP) is 7.10. The first-order valence-electron chi connectivity index (χ1n) is 11.6. The molecule has 0 aliphatic carbocycles. The van der Waals surface area contributed by atoms with E-state index in [1.807, 2.05) is 84.9 Å². The zero-order valence-corrected chi connectivity index (χ0v) is 21.4. The Labute approximate surface area is 223 Å². The summed E-state index contributed by atoms with van der Waals surface area (Å²) in [5.74, 6) is 1.17. The van der Waals surface area contributed by atoms with E-state index < -0.39 is 0 Å². The molecule has 1 amide bonds. The second-order valence-corrected chi connectivity index (χ2v) is 10.0. The van der Waals surface area contributed by atoms with Crippen molar-refractivity contribution >= 4 is 35.1 Å². The molecule has 0 radical (unpaired) electrons. The Morgan fingerprint density at radius 3 is 2.24 bits per heavy atom. The fourth-order valence-corrected chi connectivity index (χ4v) is 5.22. The van der Waals surface area contributed by atoms with Crippen LogP contribution in [-0.2, 0) is 10.5 Å². The Bertz CT molecular complexity index is 1420. The molecule has 4 aromatic carbocycles. The van der Waals surface area contributed by atoms with Gasteiger partial charge in [-0.1, -0.05) is 84.6 Å². The number of nitrogens with one attached hydrogen (secondary N) is 1. The molecule has 0 spiro atoms. The van der Waals surface area contributed by atoms with E-state index in [2.05, 4.69) is 10.4 Å². The van der Waals surface area contributed by atoms with Gasteiger partial charge in [0.05, 0.1) is 17.1 Å². The van der Waals surface area contributed by atoms with Crippen molar-refractivity contribution in [3.63, 3.8) is 0 Å². The van der Waals surface area contributed by atoms with Gasteiger partial charge in [0.1, 0.15) is 5.82 Å². The lowest BCUT2D eigenvalue weighted by atomic mass is 10.2. The van der Waals surface area contributed by atoms with E-state index in [9.17, 15) is 9.18 Å². The van der Waals surface area contributed by atoms with E-state index in [1.54, 1.807) is 28.6 Å². The molecule has 1 aromatic heterocycles. The van der Waals surface area contributed by atoms with Gasteiger partial charge >= 0.3 is 0 Å². The first kappa shape index (κ1) is 24.8. The second kappa shape index (κ2) is 11.9. The summed E-state index contributed by atoms with van der Waals surface area (Å²) < 4.78 is 15.0. The number of hydrogen-bond donors (Lipinski definition) is 1. The third-order valence-electron chi connectivity index (χ3n) is 5.42. The number of carbonyl (C=O) groups is 1. The number of anilines is 1. The van der Waals surface area contributed by atoms with Crippen LogP contribution in [0.5, 0.6) is 0 Å². The van der Waals surface area contributed by atoms with Crippen molar-refractivity contribution in [3.8, 4) is 17.1 Å². The van der Waals surface area contributed by atoms with E-state index in [1.165, 1.54) is 23.9 Å². The van der Waals surface area contributed by atoms with Gasteiger partial charge in [0.2, 0.25) is 11.1 Å². The number of hydrogen-bond acceptors (Lipinski definition) is 5. The molecule has 5 nitrogen and oxygen atoms in total. The average molecular weight is 527 g/mol. The fraction of sp³-hybridized carbons (Fsp3) is 0.0690. The molecule has 1 heterocycles. The van der Waals surface area contributed by atoms with Crippen molar-refractivity contribution in [3.05, 3.63) is 121 Å². The molecule has 0 aliphatic rings. The fourth-order valence-electron chi connectivity index (χ4n) is 3.63. The van der Waals surface area contributed by atoms with E-state index >= 15 is 0 Å². The zero-order valence-electron chi connectivity index (χ0n) is 19.8. The summed E-state index contributed by atoms with van der Waals surface area (Å²) in [6.07, 6.45) is 0. The minimum absolute atomic E-state index is 0.142. The van der Waals surface area contributed by atoms with Gasteiger partial charge in [0.15, 0.2) is 5.82 Å². The van der Waals surface area contributed by atoms with Crippen LogP contribution in [0.2, 0.25) is 0 Å². The quantitative estimate of drug-likeness (QED) is 0.208. The van der Waals surface area contributed by atoms with Gasteiger partial charge < -0.3 is 5.32 Å². The van der Waals surface area contributed by atoms with Crippen molar-refractivity contribution in [2.75, 3.05) is 11.1 Å². The van der Waals surface area contributed by atoms with Crippen LogP contribution < -0.4 is 5.32 Å². The molecule has 0 aliphatic heterocycles. The molecule has 0 unspecified atom stereocenters. The van der Waals surface area contributed by atoms with E-state index in [-0.39, 0.29) is 17.5 Å². The Kier molecular flexibility index (Phi) is 7.98. The Morgan fingerprint density at radius 2 is 1.49 bits per heavy atom. The monoisotopic (exact) mass is 526 g/mol. The minimum Gasteiger partial charge on any atom is -0.324 e. The highest BCUT2D eigenvalue weighted by atomic mass is 32.2. The van der Waals surface area contributed by atoms with Crippen molar-refractivity contribution in [1.29, 1.82) is 0 Å². The normalized spacial score (nSPS) is 10.8. The van der Waals surface area contributed by atoms with Gasteiger partial charge in [0, 0.05) is 16.2 Å². The maximum Gasteiger partial charge on any atom is 0.234 e. The number of para-hydroxylation sites is 2. The maximum atomic E-state index is 13.2. The molecular formula is C29H23FN4OS2. The van der Waals surface area contributed by atoms with Gasteiger partial charge in [-0.25, -0.2) is 14.1 Å². The summed E-state index contributed by atoms with van der Waals surface area (Å²) in [6, 6.07) is 33.8. The summed E-state index contributed by atoms with van der Waals surface area (Å²) in [6.45, 7) is 0. The highest BCUT2D eigenvalue weighted by molar-refractivity contribution is 7.99. The van der Waals surface area contributed by atoms with Crippen molar-refractivity contribution in [2.24, 2.45) is 0 Å². The van der Waals surface area contributed by atoms with E-state index in [4.69, 9.17) is 4.98 Å². The molecule has 0 fully saturated rings. The summed E-state index contributed by atoms with van der Waals surface area (Å²) in [4.78, 5) is 18.5. The number of thioether (sulfide) groups is 2. The Hall–Kier alpha value is -3.88. The van der Waals surface area contributed by atoms with Crippen LogP contribution >= 0.6 is 23.5 Å². The molecule has 8 heteroatoms. The molecule has 0 saturated carbocycles. The van der Waals surface area contributed by atoms with Crippen LogP contribution in [0.1, 0.15) is 5.56 Å². The van der Waals surface area contributed by atoms with E-state index in [0.29, 0.717) is 10.9 Å². The second-order valence-electron chi connectivity index (χ2n) is 8.08. The van der Waals surface area contributed by atoms with Crippen LogP contribution in [0.25, 0.3) is 17.1 Å². The van der Waals surface area contributed by atoms with Crippen molar-refractivity contribution in [2.45, 2.75) is 15.8 Å². The Balaban J connectivity index is 1.26. The molecule has 5 aromatic rings. The standard InChI is InChI=1S/C29H23FN4OS2/c30-23-17-15-21(16-18-23)19-36-26-14-8-7-13-25(26)31-27(35)20-37-29-32-28(22-9-3-1-4-10-22)34(33-29)24-11-5-2-6-12-24/h1-18H,19-20H2,(H,31,35). The molecule has 0 saturated heterocycles. The third-order valence-corrected chi connectivity index (χ3v) is 7.40. The van der Waals surface area contributed by atoms with Gasteiger partial charge in [0.25, 0.3) is 0 Å². The van der Waals surface area contributed by atoms with Gasteiger partial charge in [-0.15, -0.1) is 16.9 Å². The molecule has 1 N–H and O–H groups in total. The van der Waals surface area contributed by atoms with E-state index in [0.717, 1.165) is 33.2 Å². The number of nitrogens with zero attached hydrogens (tertiary/aromatic N) is 3. The predicted molar refractivity (Wildman–Crippen MR) is 149 cm³/mol. The largest absolute Gasteiger partial charge is 0.324 e. The van der Waals surface area contributed by atoms with Gasteiger partial charge in [-0.2, -0.15) is 0 Å². The summed E-state index contributed by atoms with van der Waals surface area (Å²) in [5.41, 5.74) is 3.60. The molecule has 0 atom stereocenters. The molecular weight excluding hydrogens is 503 g/mol. The maximum absolute atomic E-state index is 13.2. The van der Waals surface area contributed by atoms with Gasteiger partial charge in [-0.3, -0.25) is 4.79 Å². The lowest BCUT2D eigenvalue weighted by molar-refractivity contribution is -0.113. The van der Waals surface area contributed by atoms with Crippen molar-refractivity contribution < 1.29 is 9.18 Å². The lowest BCUT2D eigenvalue weighted by Crippen LogP contribution is -2.14. The topological polar surface area (TPSA) is 59.8 Å². The first-order valence-corrected chi connectivity index (χ1v) is 13.6. The molecule has 184 valence electrons. The molecule has 0 bridgehead atoms. The Morgan fingerprint density at radius 1 is 0.811 bits per heavy atom. The summed E-state index contributed by atoms with van der Waals surface area (Å²) >= 11 is 2.88. The summed E-state index contributed by atoms with van der Waals surface area (Å²) in [5, 5.41) is 8.21. The molecule has 5 rings (SSSR count). The van der Waals surface area contributed by atoms with Crippen LogP contribution in [0.4, 0.5) is 10.1 Å². The highest BCUT2D eigenvalue weighted by Crippen LogP contribution is 2.30. The van der Waals surface area contributed by atoms with Crippen molar-refractivity contribution in [1.82, 2.24) is 14.8 Å². The number of rotatable bonds is 9. The van der Waals surface area contributed by atoms with Crippen LogP contribution in [-0.4, -0.2) is 26.4 Å². The molecule has 37 heavy (non-hydrogen) atoms. The number of aromatic nitrogens is 3. The van der Waals surface area contributed by atoms with Crippen LogP contribution in [0.15, 0.2) is 119 Å². The zero-order chi connectivity index (χ0) is 25.5. The van der Waals surface area contributed by atoms with Gasteiger partial charge in [-0.05, 0) is 42.0 Å².